The highest BCUT2D eigenvalue weighted by Gasteiger charge is 2.30. The highest BCUT2D eigenvalue weighted by Crippen LogP contribution is 2.24. The van der Waals surface area contributed by atoms with Gasteiger partial charge in [0.25, 0.3) is 0 Å². The van der Waals surface area contributed by atoms with Gasteiger partial charge in [-0.2, -0.15) is 4.31 Å². The van der Waals surface area contributed by atoms with E-state index in [9.17, 15) is 13.2 Å². The van der Waals surface area contributed by atoms with Crippen LogP contribution in [0.4, 0.5) is 5.69 Å². The maximum atomic E-state index is 12.7. The van der Waals surface area contributed by atoms with Gasteiger partial charge in [0, 0.05) is 25.4 Å². The molecule has 0 aliphatic carbocycles. The van der Waals surface area contributed by atoms with Crippen molar-refractivity contribution in [1.82, 2.24) is 4.31 Å². The van der Waals surface area contributed by atoms with Gasteiger partial charge in [0.2, 0.25) is 10.0 Å². The number of nitrogen functional groups attached to an aromatic ring is 1. The van der Waals surface area contributed by atoms with E-state index in [2.05, 4.69) is 4.74 Å². The molecule has 21 heavy (non-hydrogen) atoms. The number of methoxy groups -OCH3 is 1. The first-order valence-corrected chi connectivity index (χ1v) is 7.96. The minimum atomic E-state index is -3.79. The molecule has 0 unspecified atom stereocenters. The molecule has 8 heteroatoms. The number of carbonyl (C=O) groups is 1. The smallest absolute Gasteiger partial charge is 0.339 e. The Morgan fingerprint density at radius 1 is 1.33 bits per heavy atom. The van der Waals surface area contributed by atoms with Crippen LogP contribution in [0.25, 0.3) is 0 Å². The fourth-order valence-electron chi connectivity index (χ4n) is 2.14. The number of carbonyl (C=O) groups excluding carboxylic acids is 1. The summed E-state index contributed by atoms with van der Waals surface area (Å²) in [4.78, 5) is 11.7. The Morgan fingerprint density at radius 3 is 2.81 bits per heavy atom. The average molecular weight is 314 g/mol. The average Bonchev–Trinajstić information content (AvgIpc) is 2.75. The summed E-state index contributed by atoms with van der Waals surface area (Å²) in [6.07, 6.45) is 0.613. The number of sulfonamides is 1. The lowest BCUT2D eigenvalue weighted by Crippen LogP contribution is -2.34. The molecule has 116 valence electrons. The van der Waals surface area contributed by atoms with Crippen molar-refractivity contribution in [2.45, 2.75) is 11.3 Å². The Hall–Kier alpha value is -1.64. The Morgan fingerprint density at radius 2 is 2.10 bits per heavy atom. The highest BCUT2D eigenvalue weighted by atomic mass is 32.2. The maximum Gasteiger partial charge on any atom is 0.339 e. The molecule has 7 nitrogen and oxygen atoms in total. The van der Waals surface area contributed by atoms with E-state index in [1.165, 1.54) is 29.6 Å². The fourth-order valence-corrected chi connectivity index (χ4v) is 3.77. The van der Waals surface area contributed by atoms with Crippen LogP contribution in [0.5, 0.6) is 0 Å². The normalized spacial score (nSPS) is 17.2. The minimum absolute atomic E-state index is 0.0531. The van der Waals surface area contributed by atoms with Crippen molar-refractivity contribution in [3.63, 3.8) is 0 Å². The summed E-state index contributed by atoms with van der Waals surface area (Å²) in [7, 11) is -2.59. The fraction of sp³-hybridized carbons (Fsp3) is 0.462. The van der Waals surface area contributed by atoms with Crippen LogP contribution >= 0.6 is 0 Å². The molecule has 0 atom stereocenters. The van der Waals surface area contributed by atoms with Crippen molar-refractivity contribution >= 4 is 21.7 Å². The largest absolute Gasteiger partial charge is 0.465 e. The lowest BCUT2D eigenvalue weighted by molar-refractivity contribution is 0.0596. The van der Waals surface area contributed by atoms with E-state index in [-0.39, 0.29) is 17.0 Å². The van der Waals surface area contributed by atoms with Gasteiger partial charge in [-0.1, -0.05) is 0 Å². The van der Waals surface area contributed by atoms with Crippen molar-refractivity contribution in [3.05, 3.63) is 23.8 Å². The minimum Gasteiger partial charge on any atom is -0.465 e. The molecule has 1 fully saturated rings. The molecule has 0 spiro atoms. The molecule has 0 amide bonds. The summed E-state index contributed by atoms with van der Waals surface area (Å²) in [5.74, 6) is -0.730. The number of benzene rings is 1. The molecule has 1 aromatic carbocycles. The van der Waals surface area contributed by atoms with E-state index in [1.54, 1.807) is 0 Å². The highest BCUT2D eigenvalue weighted by molar-refractivity contribution is 7.89. The molecule has 1 saturated heterocycles. The topological polar surface area (TPSA) is 98.9 Å². The second kappa shape index (κ2) is 6.42. The molecule has 0 bridgehead atoms. The number of esters is 1. The molecule has 1 aliphatic heterocycles. The maximum absolute atomic E-state index is 12.7. The van der Waals surface area contributed by atoms with Crippen LogP contribution < -0.4 is 5.73 Å². The zero-order valence-corrected chi connectivity index (χ0v) is 12.6. The number of hydrogen-bond donors (Lipinski definition) is 1. The second-order valence-corrected chi connectivity index (χ2v) is 6.52. The lowest BCUT2D eigenvalue weighted by atomic mass is 10.2. The number of nitrogens with two attached hydrogens (primary N) is 1. The molecule has 1 heterocycles. The van der Waals surface area contributed by atoms with Gasteiger partial charge in [-0.15, -0.1) is 0 Å². The van der Waals surface area contributed by atoms with Crippen LogP contribution in [0.2, 0.25) is 0 Å². The van der Waals surface area contributed by atoms with Crippen molar-refractivity contribution in [2.24, 2.45) is 0 Å². The molecule has 1 aromatic rings. The van der Waals surface area contributed by atoms with Gasteiger partial charge < -0.3 is 15.2 Å². The van der Waals surface area contributed by atoms with Gasteiger partial charge in [0.1, 0.15) is 0 Å². The van der Waals surface area contributed by atoms with Crippen LogP contribution in [0.3, 0.4) is 0 Å². The first-order chi connectivity index (χ1) is 9.96. The van der Waals surface area contributed by atoms with Gasteiger partial charge in [-0.25, -0.2) is 13.2 Å². The number of nitrogens with zero attached hydrogens (tertiary/aromatic N) is 1. The van der Waals surface area contributed by atoms with E-state index in [0.29, 0.717) is 31.9 Å². The first-order valence-electron chi connectivity index (χ1n) is 6.52. The predicted molar refractivity (Wildman–Crippen MR) is 76.4 cm³/mol. The summed E-state index contributed by atoms with van der Waals surface area (Å²) < 4.78 is 36.6. The zero-order valence-electron chi connectivity index (χ0n) is 11.7. The van der Waals surface area contributed by atoms with Crippen molar-refractivity contribution in [3.8, 4) is 0 Å². The Balaban J connectivity index is 2.46. The summed E-state index contributed by atoms with van der Waals surface area (Å²) in [5, 5.41) is 0. The molecule has 1 aliphatic rings. The number of rotatable bonds is 3. The Labute approximate surface area is 123 Å². The third kappa shape index (κ3) is 3.34. The Bertz CT molecular complexity index is 621. The number of hydrogen-bond acceptors (Lipinski definition) is 6. The van der Waals surface area contributed by atoms with Crippen LogP contribution in [-0.4, -0.2) is 52.1 Å². The summed E-state index contributed by atoms with van der Waals surface area (Å²) >= 11 is 0. The summed E-state index contributed by atoms with van der Waals surface area (Å²) in [5.41, 5.74) is 5.88. The predicted octanol–water partition coefficient (Wildman–Crippen LogP) is 0.466. The molecule has 0 radical (unpaired) electrons. The van der Waals surface area contributed by atoms with Gasteiger partial charge >= 0.3 is 5.97 Å². The Kier molecular flexibility index (Phi) is 4.81. The molecule has 2 rings (SSSR count). The van der Waals surface area contributed by atoms with Gasteiger partial charge in [0.15, 0.2) is 0 Å². The van der Waals surface area contributed by atoms with Gasteiger partial charge in [-0.3, -0.25) is 0 Å². The van der Waals surface area contributed by atoms with Crippen molar-refractivity contribution in [1.29, 1.82) is 0 Å². The number of ether oxygens (including phenoxy) is 2. The van der Waals surface area contributed by atoms with Crippen LogP contribution in [-0.2, 0) is 19.5 Å². The van der Waals surface area contributed by atoms with Crippen molar-refractivity contribution < 1.29 is 22.7 Å². The van der Waals surface area contributed by atoms with E-state index >= 15 is 0 Å². The van der Waals surface area contributed by atoms with Gasteiger partial charge in [-0.05, 0) is 24.6 Å². The van der Waals surface area contributed by atoms with E-state index < -0.39 is 16.0 Å². The molecule has 2 N–H and O–H groups in total. The number of anilines is 1. The third-order valence-electron chi connectivity index (χ3n) is 3.21. The standard InChI is InChI=1S/C13H18N2O5S/c1-19-13(16)11-9-10(14)3-4-12(11)21(17,18)15-5-2-7-20-8-6-15/h3-4,9H,2,5-8,14H2,1H3. The summed E-state index contributed by atoms with van der Waals surface area (Å²) in [6.45, 7) is 1.47. The van der Waals surface area contributed by atoms with Crippen LogP contribution in [0.15, 0.2) is 23.1 Å². The van der Waals surface area contributed by atoms with Crippen molar-refractivity contribution in [2.75, 3.05) is 39.1 Å². The van der Waals surface area contributed by atoms with E-state index in [0.717, 1.165) is 0 Å². The van der Waals surface area contributed by atoms with Crippen LogP contribution in [0, 0.1) is 0 Å². The van der Waals surface area contributed by atoms with E-state index in [4.69, 9.17) is 10.5 Å². The van der Waals surface area contributed by atoms with E-state index in [1.807, 2.05) is 0 Å². The third-order valence-corrected chi connectivity index (χ3v) is 5.16. The molecular weight excluding hydrogens is 296 g/mol. The molecule has 0 saturated carbocycles. The molecule has 0 aromatic heterocycles. The lowest BCUT2D eigenvalue weighted by Gasteiger charge is -2.20. The molecular formula is C13H18N2O5S. The monoisotopic (exact) mass is 314 g/mol. The van der Waals surface area contributed by atoms with Crippen LogP contribution in [0.1, 0.15) is 16.8 Å². The quantitative estimate of drug-likeness (QED) is 0.643. The van der Waals surface area contributed by atoms with Gasteiger partial charge in [0.05, 0.1) is 24.2 Å². The first kappa shape index (κ1) is 15.7. The summed E-state index contributed by atoms with van der Waals surface area (Å²) in [6, 6.07) is 4.10. The second-order valence-electron chi connectivity index (χ2n) is 4.62. The zero-order chi connectivity index (χ0) is 15.5. The SMILES string of the molecule is COC(=O)c1cc(N)ccc1S(=O)(=O)N1CCCOCC1.